The molecule has 1 fully saturated rings. The Morgan fingerprint density at radius 2 is 2.00 bits per heavy atom. The zero-order valence-corrected chi connectivity index (χ0v) is 11.2. The van der Waals surface area contributed by atoms with Gasteiger partial charge in [-0.1, -0.05) is 13.8 Å². The van der Waals surface area contributed by atoms with Gasteiger partial charge >= 0.3 is 5.97 Å². The number of carbonyl (C=O) groups is 1. The summed E-state index contributed by atoms with van der Waals surface area (Å²) in [5.74, 6) is -0.285. The molecule has 17 heavy (non-hydrogen) atoms. The molecule has 0 aromatic rings. The molecule has 100 valence electrons. The first kappa shape index (κ1) is 14.5. The molecule has 0 amide bonds. The summed E-state index contributed by atoms with van der Waals surface area (Å²) in [5.41, 5.74) is 6.11. The van der Waals surface area contributed by atoms with Crippen LogP contribution in [0.15, 0.2) is 0 Å². The summed E-state index contributed by atoms with van der Waals surface area (Å²) in [6.45, 7) is 5.01. The molecule has 0 aromatic heterocycles. The van der Waals surface area contributed by atoms with Gasteiger partial charge in [-0.05, 0) is 37.5 Å². The van der Waals surface area contributed by atoms with Crippen LogP contribution in [0.2, 0.25) is 0 Å². The Hall–Kier alpha value is -0.610. The Kier molecular flexibility index (Phi) is 5.40. The van der Waals surface area contributed by atoms with Crippen LogP contribution >= 0.6 is 0 Å². The lowest BCUT2D eigenvalue weighted by Gasteiger charge is -2.34. The van der Waals surface area contributed by atoms with E-state index in [1.807, 2.05) is 0 Å². The number of esters is 1. The van der Waals surface area contributed by atoms with E-state index in [0.29, 0.717) is 18.4 Å². The van der Waals surface area contributed by atoms with Crippen molar-refractivity contribution >= 4 is 5.97 Å². The molecule has 0 spiro atoms. The van der Waals surface area contributed by atoms with E-state index >= 15 is 0 Å². The molecule has 4 heteroatoms. The van der Waals surface area contributed by atoms with Crippen molar-refractivity contribution in [2.75, 3.05) is 13.7 Å². The van der Waals surface area contributed by atoms with Gasteiger partial charge in [-0.15, -0.1) is 0 Å². The number of hydrogen-bond donors (Lipinski definition) is 1. The van der Waals surface area contributed by atoms with Gasteiger partial charge in [0.15, 0.2) is 0 Å². The van der Waals surface area contributed by atoms with Crippen LogP contribution in [-0.4, -0.2) is 31.8 Å². The maximum atomic E-state index is 11.7. The van der Waals surface area contributed by atoms with Crippen molar-refractivity contribution in [3.05, 3.63) is 0 Å². The maximum absolute atomic E-state index is 11.7. The smallest absolute Gasteiger partial charge is 0.323 e. The van der Waals surface area contributed by atoms with Gasteiger partial charge in [-0.2, -0.15) is 0 Å². The summed E-state index contributed by atoms with van der Waals surface area (Å²) >= 11 is 0. The van der Waals surface area contributed by atoms with E-state index in [-0.39, 0.29) is 12.1 Å². The highest BCUT2D eigenvalue weighted by Crippen LogP contribution is 2.36. The number of nitrogens with two attached hydrogens (primary N) is 1. The number of methoxy groups -OCH3 is 1. The minimum absolute atomic E-state index is 0.0594. The third-order valence-corrected chi connectivity index (χ3v) is 3.50. The van der Waals surface area contributed by atoms with Crippen molar-refractivity contribution in [2.45, 2.75) is 58.1 Å². The second-order valence-corrected chi connectivity index (χ2v) is 5.69. The lowest BCUT2D eigenvalue weighted by Crippen LogP contribution is -2.37. The van der Waals surface area contributed by atoms with Crippen LogP contribution in [0.4, 0.5) is 0 Å². The van der Waals surface area contributed by atoms with Gasteiger partial charge in [-0.25, -0.2) is 0 Å². The predicted molar refractivity (Wildman–Crippen MR) is 66.6 cm³/mol. The van der Waals surface area contributed by atoms with Crippen molar-refractivity contribution in [3.8, 4) is 0 Å². The average Bonchev–Trinajstić information content (AvgIpc) is 2.28. The average molecular weight is 243 g/mol. The van der Waals surface area contributed by atoms with E-state index in [9.17, 15) is 4.79 Å². The van der Waals surface area contributed by atoms with E-state index in [1.165, 1.54) is 0 Å². The molecule has 0 saturated heterocycles. The van der Waals surface area contributed by atoms with Gasteiger partial charge in [0.1, 0.15) is 12.1 Å². The summed E-state index contributed by atoms with van der Waals surface area (Å²) in [6.07, 6.45) is 4.71. The first-order valence-electron chi connectivity index (χ1n) is 6.39. The van der Waals surface area contributed by atoms with E-state index in [1.54, 1.807) is 7.11 Å². The van der Waals surface area contributed by atoms with Crippen molar-refractivity contribution in [1.29, 1.82) is 0 Å². The van der Waals surface area contributed by atoms with Crippen LogP contribution in [-0.2, 0) is 14.3 Å². The minimum Gasteiger partial charge on any atom is -0.461 e. The molecule has 1 aliphatic carbocycles. The van der Waals surface area contributed by atoms with Crippen molar-refractivity contribution in [1.82, 2.24) is 0 Å². The van der Waals surface area contributed by atoms with Crippen molar-refractivity contribution in [3.63, 3.8) is 0 Å². The SMILES string of the molecule is COCCC(N)C(=O)OC1CCC(C)(C)CC1. The molecule has 1 rings (SSSR count). The molecule has 1 unspecified atom stereocenters. The number of ether oxygens (including phenoxy) is 2. The van der Waals surface area contributed by atoms with Crippen LogP contribution < -0.4 is 5.73 Å². The van der Waals surface area contributed by atoms with E-state index in [4.69, 9.17) is 15.2 Å². The lowest BCUT2D eigenvalue weighted by atomic mass is 9.76. The molecule has 1 saturated carbocycles. The van der Waals surface area contributed by atoms with Gasteiger partial charge in [0.05, 0.1) is 0 Å². The molecule has 0 heterocycles. The monoisotopic (exact) mass is 243 g/mol. The molecule has 0 aromatic carbocycles. The summed E-state index contributed by atoms with van der Waals surface area (Å²) in [6, 6.07) is -0.551. The van der Waals surface area contributed by atoms with Crippen LogP contribution in [0, 0.1) is 5.41 Å². The summed E-state index contributed by atoms with van der Waals surface area (Å²) in [5, 5.41) is 0. The summed E-state index contributed by atoms with van der Waals surface area (Å²) in [4.78, 5) is 11.7. The van der Waals surface area contributed by atoms with Gasteiger partial charge in [-0.3, -0.25) is 4.79 Å². The highest BCUT2D eigenvalue weighted by atomic mass is 16.5. The van der Waals surface area contributed by atoms with Crippen LogP contribution in [0.5, 0.6) is 0 Å². The Labute approximate surface area is 104 Å². The molecule has 4 nitrogen and oxygen atoms in total. The molecule has 1 aliphatic rings. The zero-order chi connectivity index (χ0) is 12.9. The first-order valence-corrected chi connectivity index (χ1v) is 6.39. The second-order valence-electron chi connectivity index (χ2n) is 5.69. The second kappa shape index (κ2) is 6.36. The highest BCUT2D eigenvalue weighted by Gasteiger charge is 2.29. The molecular weight excluding hydrogens is 218 g/mol. The first-order chi connectivity index (χ1) is 7.94. The van der Waals surface area contributed by atoms with Crippen molar-refractivity contribution in [2.24, 2.45) is 11.1 Å². The summed E-state index contributed by atoms with van der Waals surface area (Å²) < 4.78 is 10.3. The van der Waals surface area contributed by atoms with Crippen LogP contribution in [0.3, 0.4) is 0 Å². The number of rotatable bonds is 5. The zero-order valence-electron chi connectivity index (χ0n) is 11.2. The summed E-state index contributed by atoms with van der Waals surface area (Å²) in [7, 11) is 1.60. The fourth-order valence-electron chi connectivity index (χ4n) is 2.10. The number of carbonyl (C=O) groups excluding carboxylic acids is 1. The standard InChI is InChI=1S/C13H25NO3/c1-13(2)7-4-10(5-8-13)17-12(15)11(14)6-9-16-3/h10-11H,4-9,14H2,1-3H3. The Morgan fingerprint density at radius 1 is 1.41 bits per heavy atom. The van der Waals surface area contributed by atoms with E-state index < -0.39 is 6.04 Å². The Morgan fingerprint density at radius 3 is 2.53 bits per heavy atom. The molecule has 0 radical (unpaired) electrons. The normalized spacial score (nSPS) is 22.1. The predicted octanol–water partition coefficient (Wildman–Crippen LogP) is 1.86. The molecular formula is C13H25NO3. The molecule has 0 bridgehead atoms. The highest BCUT2D eigenvalue weighted by molar-refractivity contribution is 5.75. The fraction of sp³-hybridized carbons (Fsp3) is 0.923. The minimum atomic E-state index is -0.551. The largest absolute Gasteiger partial charge is 0.461 e. The molecule has 1 atom stereocenters. The van der Waals surface area contributed by atoms with Crippen LogP contribution in [0.1, 0.15) is 46.0 Å². The topological polar surface area (TPSA) is 61.5 Å². The maximum Gasteiger partial charge on any atom is 0.323 e. The molecule has 0 aliphatic heterocycles. The third-order valence-electron chi connectivity index (χ3n) is 3.50. The third kappa shape index (κ3) is 5.04. The van der Waals surface area contributed by atoms with E-state index in [0.717, 1.165) is 25.7 Å². The van der Waals surface area contributed by atoms with Gasteiger partial charge in [0, 0.05) is 13.7 Å². The van der Waals surface area contributed by atoms with Gasteiger partial charge in [0.2, 0.25) is 0 Å². The lowest BCUT2D eigenvalue weighted by molar-refractivity contribution is -0.153. The quantitative estimate of drug-likeness (QED) is 0.749. The van der Waals surface area contributed by atoms with Crippen LogP contribution in [0.25, 0.3) is 0 Å². The van der Waals surface area contributed by atoms with Crippen molar-refractivity contribution < 1.29 is 14.3 Å². The van der Waals surface area contributed by atoms with Gasteiger partial charge in [0.25, 0.3) is 0 Å². The Bertz CT molecular complexity index is 243. The molecule has 2 N–H and O–H groups in total. The number of hydrogen-bond acceptors (Lipinski definition) is 4. The Balaban J connectivity index is 2.27. The van der Waals surface area contributed by atoms with Gasteiger partial charge < -0.3 is 15.2 Å². The van der Waals surface area contributed by atoms with E-state index in [2.05, 4.69) is 13.8 Å². The fourth-order valence-corrected chi connectivity index (χ4v) is 2.10.